The van der Waals surface area contributed by atoms with E-state index in [9.17, 15) is 4.91 Å². The average Bonchev–Trinajstić information content (AvgIpc) is 2.42. The minimum absolute atomic E-state index is 0.316. The maximum Gasteiger partial charge on any atom is 0.171 e. The maximum atomic E-state index is 10.2. The fraction of sp³-hybridized carbons (Fsp3) is 0.154. The van der Waals surface area contributed by atoms with Gasteiger partial charge in [0, 0.05) is 12.1 Å². The van der Waals surface area contributed by atoms with Crippen LogP contribution in [0.2, 0.25) is 0 Å². The molecular weight excluding hydrogens is 252 g/mol. The number of ether oxygens (including phenoxy) is 1. The lowest BCUT2D eigenvalue weighted by Gasteiger charge is -2.06. The molecular formula is C13H11ClN2O2. The van der Waals surface area contributed by atoms with Gasteiger partial charge < -0.3 is 4.74 Å². The standard InChI is InChI=1S/C13H11ClN2O2/c14-13(16-17)8-10-6-7-12(9-15-10)18-11-4-2-1-3-5-11/h1-7,9,13H,8H2. The van der Waals surface area contributed by atoms with E-state index in [0.29, 0.717) is 17.9 Å². The second-order valence-corrected chi connectivity index (χ2v) is 4.15. The van der Waals surface area contributed by atoms with E-state index in [1.165, 1.54) is 0 Å². The molecule has 0 aliphatic rings. The first-order valence-corrected chi connectivity index (χ1v) is 5.86. The fourth-order valence-electron chi connectivity index (χ4n) is 1.43. The Labute approximate surface area is 110 Å². The van der Waals surface area contributed by atoms with Crippen molar-refractivity contribution in [3.63, 3.8) is 0 Å². The average molecular weight is 263 g/mol. The van der Waals surface area contributed by atoms with Crippen molar-refractivity contribution in [3.05, 3.63) is 59.3 Å². The molecule has 18 heavy (non-hydrogen) atoms. The third-order valence-corrected chi connectivity index (χ3v) is 2.50. The van der Waals surface area contributed by atoms with Crippen LogP contribution in [0.1, 0.15) is 5.69 Å². The Kier molecular flexibility index (Phi) is 4.25. The van der Waals surface area contributed by atoms with Gasteiger partial charge in [0.25, 0.3) is 0 Å². The highest BCUT2D eigenvalue weighted by atomic mass is 35.5. The molecule has 0 saturated heterocycles. The van der Waals surface area contributed by atoms with Crippen LogP contribution >= 0.6 is 11.6 Å². The van der Waals surface area contributed by atoms with Gasteiger partial charge in [-0.15, -0.1) is 4.91 Å². The second kappa shape index (κ2) is 6.12. The zero-order valence-corrected chi connectivity index (χ0v) is 10.2. The molecule has 1 heterocycles. The predicted octanol–water partition coefficient (Wildman–Crippen LogP) is 3.75. The smallest absolute Gasteiger partial charge is 0.171 e. The molecule has 4 nitrogen and oxygen atoms in total. The van der Waals surface area contributed by atoms with Crippen LogP contribution in [0.15, 0.2) is 53.8 Å². The van der Waals surface area contributed by atoms with Gasteiger partial charge in [0.2, 0.25) is 0 Å². The van der Waals surface area contributed by atoms with E-state index in [2.05, 4.69) is 10.2 Å². The van der Waals surface area contributed by atoms with E-state index in [0.717, 1.165) is 5.75 Å². The SMILES string of the molecule is O=NC(Cl)Cc1ccc(Oc2ccccc2)cn1. The monoisotopic (exact) mass is 262 g/mol. The number of nitrogens with zero attached hydrogens (tertiary/aromatic N) is 2. The number of alkyl halides is 1. The lowest BCUT2D eigenvalue weighted by molar-refractivity contribution is 0.479. The quantitative estimate of drug-likeness (QED) is 0.468. The lowest BCUT2D eigenvalue weighted by atomic mass is 10.2. The Hall–Kier alpha value is -1.94. The van der Waals surface area contributed by atoms with Crippen LogP contribution in [-0.4, -0.2) is 10.5 Å². The molecule has 2 rings (SSSR count). The van der Waals surface area contributed by atoms with Crippen molar-refractivity contribution < 1.29 is 4.74 Å². The van der Waals surface area contributed by atoms with Crippen molar-refractivity contribution >= 4 is 11.6 Å². The molecule has 92 valence electrons. The van der Waals surface area contributed by atoms with Crippen LogP contribution < -0.4 is 4.74 Å². The van der Waals surface area contributed by atoms with Crippen molar-refractivity contribution in [1.82, 2.24) is 4.98 Å². The summed E-state index contributed by atoms with van der Waals surface area (Å²) in [7, 11) is 0. The van der Waals surface area contributed by atoms with Gasteiger partial charge in [-0.1, -0.05) is 29.8 Å². The van der Waals surface area contributed by atoms with Gasteiger partial charge in [-0.25, -0.2) is 0 Å². The molecule has 1 atom stereocenters. The van der Waals surface area contributed by atoms with Crippen LogP contribution in [0.25, 0.3) is 0 Å². The normalized spacial score (nSPS) is 11.8. The molecule has 0 radical (unpaired) electrons. The number of halogens is 1. The van der Waals surface area contributed by atoms with E-state index >= 15 is 0 Å². The van der Waals surface area contributed by atoms with Crippen LogP contribution in [0.4, 0.5) is 0 Å². The van der Waals surface area contributed by atoms with E-state index in [-0.39, 0.29) is 0 Å². The molecule has 5 heteroatoms. The number of pyridine rings is 1. The third kappa shape index (κ3) is 3.53. The topological polar surface area (TPSA) is 51.5 Å². The van der Waals surface area contributed by atoms with Gasteiger partial charge in [-0.2, -0.15) is 0 Å². The zero-order valence-electron chi connectivity index (χ0n) is 9.49. The molecule has 1 unspecified atom stereocenters. The van der Waals surface area contributed by atoms with Crippen molar-refractivity contribution in [2.45, 2.75) is 11.9 Å². The molecule has 0 spiro atoms. The van der Waals surface area contributed by atoms with E-state index in [4.69, 9.17) is 16.3 Å². The molecule has 0 fully saturated rings. The number of aromatic nitrogens is 1. The minimum atomic E-state index is -0.779. The van der Waals surface area contributed by atoms with Gasteiger partial charge in [0.05, 0.1) is 6.20 Å². The molecule has 0 saturated carbocycles. The molecule has 0 amide bonds. The maximum absolute atomic E-state index is 10.2. The summed E-state index contributed by atoms with van der Waals surface area (Å²) in [6, 6.07) is 13.0. The highest BCUT2D eigenvalue weighted by Crippen LogP contribution is 2.20. The highest BCUT2D eigenvalue weighted by Gasteiger charge is 2.06. The van der Waals surface area contributed by atoms with E-state index in [1.54, 1.807) is 18.3 Å². The van der Waals surface area contributed by atoms with Crippen molar-refractivity contribution in [2.75, 3.05) is 0 Å². The number of hydrogen-bond donors (Lipinski definition) is 0. The molecule has 0 aliphatic heterocycles. The first kappa shape index (κ1) is 12.5. The van der Waals surface area contributed by atoms with Gasteiger partial charge in [0.1, 0.15) is 11.5 Å². The number of hydrogen-bond acceptors (Lipinski definition) is 4. The molecule has 1 aromatic heterocycles. The Bertz CT molecular complexity index is 502. The number of nitroso groups, excluding NO2 is 1. The van der Waals surface area contributed by atoms with Crippen LogP contribution in [0.3, 0.4) is 0 Å². The number of rotatable bonds is 5. The van der Waals surface area contributed by atoms with Gasteiger partial charge in [-0.05, 0) is 29.4 Å². The summed E-state index contributed by atoms with van der Waals surface area (Å²) in [6.07, 6.45) is 1.91. The van der Waals surface area contributed by atoms with Crippen LogP contribution in [0, 0.1) is 4.91 Å². The summed E-state index contributed by atoms with van der Waals surface area (Å²) in [5, 5.41) is 2.72. The first-order valence-electron chi connectivity index (χ1n) is 5.42. The summed E-state index contributed by atoms with van der Waals surface area (Å²) in [4.78, 5) is 14.3. The van der Waals surface area contributed by atoms with Gasteiger partial charge in [-0.3, -0.25) is 4.98 Å². The summed E-state index contributed by atoms with van der Waals surface area (Å²) in [6.45, 7) is 0. The summed E-state index contributed by atoms with van der Waals surface area (Å²) >= 11 is 5.62. The van der Waals surface area contributed by atoms with Crippen LogP contribution in [-0.2, 0) is 6.42 Å². The number of benzene rings is 1. The summed E-state index contributed by atoms with van der Waals surface area (Å²) < 4.78 is 5.58. The van der Waals surface area contributed by atoms with Gasteiger partial charge >= 0.3 is 0 Å². The molecule has 0 N–H and O–H groups in total. The molecule has 0 aliphatic carbocycles. The van der Waals surface area contributed by atoms with E-state index in [1.807, 2.05) is 30.3 Å². The van der Waals surface area contributed by atoms with Gasteiger partial charge in [0.15, 0.2) is 5.50 Å². The highest BCUT2D eigenvalue weighted by molar-refractivity contribution is 6.20. The summed E-state index contributed by atoms with van der Waals surface area (Å²) in [5.41, 5.74) is -0.0756. The minimum Gasteiger partial charge on any atom is -0.456 e. The van der Waals surface area contributed by atoms with Crippen molar-refractivity contribution in [2.24, 2.45) is 5.18 Å². The Morgan fingerprint density at radius 2 is 1.94 bits per heavy atom. The van der Waals surface area contributed by atoms with Crippen molar-refractivity contribution in [3.8, 4) is 11.5 Å². The largest absolute Gasteiger partial charge is 0.456 e. The molecule has 1 aromatic carbocycles. The fourth-order valence-corrected chi connectivity index (χ4v) is 1.58. The number of para-hydroxylation sites is 1. The Balaban J connectivity index is 2.02. The van der Waals surface area contributed by atoms with Crippen molar-refractivity contribution in [1.29, 1.82) is 0 Å². The van der Waals surface area contributed by atoms with Crippen LogP contribution in [0.5, 0.6) is 11.5 Å². The molecule has 0 bridgehead atoms. The molecule has 2 aromatic rings. The second-order valence-electron chi connectivity index (χ2n) is 3.64. The predicted molar refractivity (Wildman–Crippen MR) is 69.9 cm³/mol. The Morgan fingerprint density at radius 1 is 1.17 bits per heavy atom. The first-order chi connectivity index (χ1) is 8.78. The Morgan fingerprint density at radius 3 is 2.56 bits per heavy atom. The lowest BCUT2D eigenvalue weighted by Crippen LogP contribution is -2.00. The third-order valence-electron chi connectivity index (χ3n) is 2.27. The van der Waals surface area contributed by atoms with E-state index < -0.39 is 5.50 Å². The summed E-state index contributed by atoms with van der Waals surface area (Å²) in [5.74, 6) is 1.38. The zero-order chi connectivity index (χ0) is 12.8.